The summed E-state index contributed by atoms with van der Waals surface area (Å²) in [5.41, 5.74) is 1.89. The Morgan fingerprint density at radius 2 is 2.44 bits per heavy atom. The third-order valence-corrected chi connectivity index (χ3v) is 5.06. The van der Waals surface area contributed by atoms with Crippen LogP contribution in [0.25, 0.3) is 11.2 Å². The predicted molar refractivity (Wildman–Crippen MR) is 80.4 cm³/mol. The lowest BCUT2D eigenvalue weighted by Gasteiger charge is -2.24. The van der Waals surface area contributed by atoms with Crippen molar-refractivity contribution in [2.75, 3.05) is 11.5 Å². The summed E-state index contributed by atoms with van der Waals surface area (Å²) in [5.74, 6) is 3.77. The van der Waals surface area contributed by atoms with E-state index in [-0.39, 0.29) is 0 Å². The number of hydrogen-bond acceptors (Lipinski definition) is 3. The van der Waals surface area contributed by atoms with Crippen LogP contribution in [0.3, 0.4) is 0 Å². The SMILES string of the molecule is ClCc1nc2cc(Br)cnc2n1C1CCCSC1. The minimum atomic E-state index is 0.440. The number of nitrogens with zero attached hydrogens (tertiary/aromatic N) is 3. The van der Waals surface area contributed by atoms with Gasteiger partial charge in [0.2, 0.25) is 0 Å². The van der Waals surface area contributed by atoms with Gasteiger partial charge in [-0.2, -0.15) is 11.8 Å². The number of imidazole rings is 1. The van der Waals surface area contributed by atoms with Gasteiger partial charge in [-0.3, -0.25) is 0 Å². The van der Waals surface area contributed by atoms with E-state index in [0.29, 0.717) is 11.9 Å². The molecule has 0 aliphatic carbocycles. The number of halogens is 2. The number of aromatic nitrogens is 3. The Morgan fingerprint density at radius 1 is 1.56 bits per heavy atom. The smallest absolute Gasteiger partial charge is 0.160 e. The van der Waals surface area contributed by atoms with Crippen LogP contribution in [0.4, 0.5) is 0 Å². The van der Waals surface area contributed by atoms with Crippen molar-refractivity contribution >= 4 is 50.5 Å². The Balaban J connectivity index is 2.12. The molecule has 1 aliphatic rings. The first-order valence-corrected chi connectivity index (χ1v) is 8.44. The first kappa shape index (κ1) is 12.8. The fourth-order valence-electron chi connectivity index (χ4n) is 2.41. The van der Waals surface area contributed by atoms with Gasteiger partial charge >= 0.3 is 0 Å². The van der Waals surface area contributed by atoms with Gasteiger partial charge < -0.3 is 4.57 Å². The number of fused-ring (bicyclic) bond motifs is 1. The molecule has 3 heterocycles. The molecule has 2 aromatic heterocycles. The van der Waals surface area contributed by atoms with Crippen LogP contribution in [0.1, 0.15) is 24.7 Å². The van der Waals surface area contributed by atoms with Crippen LogP contribution in [0.15, 0.2) is 16.7 Å². The average Bonchev–Trinajstić information content (AvgIpc) is 2.77. The molecule has 0 radical (unpaired) electrons. The van der Waals surface area contributed by atoms with E-state index in [1.807, 2.05) is 24.0 Å². The molecule has 1 atom stereocenters. The average molecular weight is 347 g/mol. The zero-order valence-corrected chi connectivity index (χ0v) is 12.9. The van der Waals surface area contributed by atoms with E-state index in [1.165, 1.54) is 18.6 Å². The van der Waals surface area contributed by atoms with Gasteiger partial charge in [0, 0.05) is 22.5 Å². The molecule has 0 bridgehead atoms. The molecule has 96 valence electrons. The van der Waals surface area contributed by atoms with E-state index in [4.69, 9.17) is 11.6 Å². The number of pyridine rings is 1. The highest BCUT2D eigenvalue weighted by Crippen LogP contribution is 2.31. The van der Waals surface area contributed by atoms with Crippen molar-refractivity contribution in [3.8, 4) is 0 Å². The maximum Gasteiger partial charge on any atom is 0.160 e. The van der Waals surface area contributed by atoms with E-state index in [9.17, 15) is 0 Å². The van der Waals surface area contributed by atoms with Crippen LogP contribution in [-0.2, 0) is 5.88 Å². The van der Waals surface area contributed by atoms with Gasteiger partial charge in [0.15, 0.2) is 5.65 Å². The summed E-state index contributed by atoms with van der Waals surface area (Å²) in [7, 11) is 0. The third kappa shape index (κ3) is 2.28. The maximum atomic E-state index is 6.03. The lowest BCUT2D eigenvalue weighted by molar-refractivity contribution is 0.497. The molecule has 0 saturated carbocycles. The summed E-state index contributed by atoms with van der Waals surface area (Å²) in [5, 5.41) is 0. The van der Waals surface area contributed by atoms with Crippen LogP contribution in [-0.4, -0.2) is 26.0 Å². The molecule has 0 amide bonds. The number of thioether (sulfide) groups is 1. The van der Waals surface area contributed by atoms with Crippen molar-refractivity contribution in [1.82, 2.24) is 14.5 Å². The van der Waals surface area contributed by atoms with E-state index in [0.717, 1.165) is 27.2 Å². The summed E-state index contributed by atoms with van der Waals surface area (Å²) in [6, 6.07) is 2.49. The van der Waals surface area contributed by atoms with E-state index in [1.54, 1.807) is 0 Å². The lowest BCUT2D eigenvalue weighted by atomic mass is 10.2. The largest absolute Gasteiger partial charge is 0.308 e. The van der Waals surface area contributed by atoms with Crippen LogP contribution < -0.4 is 0 Å². The zero-order chi connectivity index (χ0) is 12.5. The second kappa shape index (κ2) is 5.39. The molecule has 1 fully saturated rings. The first-order valence-electron chi connectivity index (χ1n) is 5.95. The van der Waals surface area contributed by atoms with E-state index in [2.05, 4.69) is 30.5 Å². The zero-order valence-electron chi connectivity index (χ0n) is 9.77. The van der Waals surface area contributed by atoms with Crippen molar-refractivity contribution in [3.63, 3.8) is 0 Å². The summed E-state index contributed by atoms with van der Waals surface area (Å²) in [4.78, 5) is 9.11. The number of alkyl halides is 1. The molecule has 0 aromatic carbocycles. The highest BCUT2D eigenvalue weighted by atomic mass is 79.9. The number of rotatable bonds is 2. The minimum absolute atomic E-state index is 0.440. The van der Waals surface area contributed by atoms with Gasteiger partial charge in [-0.1, -0.05) is 0 Å². The second-order valence-corrected chi connectivity index (χ2v) is 6.73. The molecular weight excluding hydrogens is 334 g/mol. The first-order chi connectivity index (χ1) is 8.79. The molecule has 3 nitrogen and oxygen atoms in total. The molecule has 6 heteroatoms. The molecule has 1 aliphatic heterocycles. The molecule has 3 rings (SSSR count). The van der Waals surface area contributed by atoms with Crippen molar-refractivity contribution in [2.45, 2.75) is 24.8 Å². The highest BCUT2D eigenvalue weighted by molar-refractivity contribution is 9.10. The van der Waals surface area contributed by atoms with Crippen molar-refractivity contribution < 1.29 is 0 Å². The van der Waals surface area contributed by atoms with Gasteiger partial charge in [0.25, 0.3) is 0 Å². The van der Waals surface area contributed by atoms with Gasteiger partial charge in [0.1, 0.15) is 11.3 Å². The molecule has 2 aromatic rings. The molecule has 1 saturated heterocycles. The van der Waals surface area contributed by atoms with Gasteiger partial charge in [-0.15, -0.1) is 11.6 Å². The highest BCUT2D eigenvalue weighted by Gasteiger charge is 2.22. The fourth-order valence-corrected chi connectivity index (χ4v) is 4.04. The van der Waals surface area contributed by atoms with Crippen molar-refractivity contribution in [3.05, 3.63) is 22.6 Å². The van der Waals surface area contributed by atoms with Crippen LogP contribution in [0.5, 0.6) is 0 Å². The Labute approximate surface area is 123 Å². The quantitative estimate of drug-likeness (QED) is 0.770. The van der Waals surface area contributed by atoms with Crippen LogP contribution >= 0.6 is 39.3 Å². The molecule has 0 N–H and O–H groups in total. The monoisotopic (exact) mass is 345 g/mol. The van der Waals surface area contributed by atoms with Crippen LogP contribution in [0, 0.1) is 0 Å². The Morgan fingerprint density at radius 3 is 3.17 bits per heavy atom. The molecule has 0 spiro atoms. The fraction of sp³-hybridized carbons (Fsp3) is 0.500. The van der Waals surface area contributed by atoms with Crippen LogP contribution in [0.2, 0.25) is 0 Å². The van der Waals surface area contributed by atoms with Gasteiger partial charge in [-0.05, 0) is 40.6 Å². The normalized spacial score (nSPS) is 20.4. The van der Waals surface area contributed by atoms with Crippen molar-refractivity contribution in [1.29, 1.82) is 0 Å². The van der Waals surface area contributed by atoms with E-state index >= 15 is 0 Å². The predicted octanol–water partition coefficient (Wildman–Crippen LogP) is 4.00. The Bertz CT molecular complexity index is 566. The standard InChI is InChI=1S/C12H13BrClN3S/c13-8-4-10-12(15-6-8)17(11(5-14)16-10)9-2-1-3-18-7-9/h4,6,9H,1-3,5,7H2. The minimum Gasteiger partial charge on any atom is -0.308 e. The summed E-state index contributed by atoms with van der Waals surface area (Å²) in [6.07, 6.45) is 4.28. The number of hydrogen-bond donors (Lipinski definition) is 0. The second-order valence-electron chi connectivity index (χ2n) is 4.40. The Hall–Kier alpha value is -0.260. The van der Waals surface area contributed by atoms with Gasteiger partial charge in [0.05, 0.1) is 5.88 Å². The third-order valence-electron chi connectivity index (χ3n) is 3.19. The molecular formula is C12H13BrClN3S. The Kier molecular flexibility index (Phi) is 3.82. The lowest BCUT2D eigenvalue weighted by Crippen LogP contribution is -2.18. The van der Waals surface area contributed by atoms with Crippen molar-refractivity contribution in [2.24, 2.45) is 0 Å². The topological polar surface area (TPSA) is 30.7 Å². The summed E-state index contributed by atoms with van der Waals surface area (Å²) in [6.45, 7) is 0. The van der Waals surface area contributed by atoms with E-state index < -0.39 is 0 Å². The molecule has 1 unspecified atom stereocenters. The maximum absolute atomic E-state index is 6.03. The summed E-state index contributed by atoms with van der Waals surface area (Å²) < 4.78 is 3.19. The molecule has 18 heavy (non-hydrogen) atoms. The summed E-state index contributed by atoms with van der Waals surface area (Å²) >= 11 is 11.5. The van der Waals surface area contributed by atoms with Gasteiger partial charge in [-0.25, -0.2) is 9.97 Å².